The van der Waals surface area contributed by atoms with Crippen LogP contribution in [0.1, 0.15) is 17.2 Å². The number of fused-ring (bicyclic) bond motifs is 1. The summed E-state index contributed by atoms with van der Waals surface area (Å²) in [7, 11) is 0. The van der Waals surface area contributed by atoms with E-state index in [4.69, 9.17) is 4.74 Å². The highest BCUT2D eigenvalue weighted by atomic mass is 19.4. The molecule has 30 heavy (non-hydrogen) atoms. The van der Waals surface area contributed by atoms with Crippen LogP contribution in [0.4, 0.5) is 28.9 Å². The topological polar surface area (TPSA) is 41.6 Å². The third kappa shape index (κ3) is 3.95. The Morgan fingerprint density at radius 2 is 1.83 bits per heavy atom. The van der Waals surface area contributed by atoms with Gasteiger partial charge in [0.25, 0.3) is 0 Å². The molecule has 1 unspecified atom stereocenters. The third-order valence-electron chi connectivity index (χ3n) is 5.10. The first-order valence-corrected chi connectivity index (χ1v) is 9.33. The number of carbonyl (C=O) groups excluding carboxylic acids is 1. The molecule has 0 aromatic heterocycles. The lowest BCUT2D eigenvalue weighted by Crippen LogP contribution is -2.37. The maximum Gasteiger partial charge on any atom is 0.419 e. The summed E-state index contributed by atoms with van der Waals surface area (Å²) in [5, 5.41) is 4.60. The molecule has 0 spiro atoms. The van der Waals surface area contributed by atoms with Crippen LogP contribution < -0.4 is 5.32 Å². The number of morpholine rings is 1. The van der Waals surface area contributed by atoms with E-state index in [0.717, 1.165) is 34.9 Å². The summed E-state index contributed by atoms with van der Waals surface area (Å²) < 4.78 is 58.5. The minimum Gasteiger partial charge on any atom is -0.370 e. The van der Waals surface area contributed by atoms with E-state index >= 15 is 0 Å². The molecule has 1 aliphatic rings. The van der Waals surface area contributed by atoms with Gasteiger partial charge in [-0.15, -0.1) is 0 Å². The molecule has 156 valence electrons. The molecule has 1 fully saturated rings. The SMILES string of the molecule is O=CN1CCOC(c2ccc(Nc3ccc(F)c(C(F)(F)F)c3)c3ccccc23)C1. The van der Waals surface area contributed by atoms with Gasteiger partial charge in [-0.3, -0.25) is 4.79 Å². The second kappa shape index (κ2) is 7.95. The average Bonchev–Trinajstić information content (AvgIpc) is 2.74. The Bertz CT molecular complexity index is 1080. The van der Waals surface area contributed by atoms with Gasteiger partial charge in [-0.1, -0.05) is 30.3 Å². The molecule has 1 aliphatic heterocycles. The Labute approximate surface area is 170 Å². The number of halogens is 4. The first-order chi connectivity index (χ1) is 14.4. The Hall–Kier alpha value is -3.13. The summed E-state index contributed by atoms with van der Waals surface area (Å²) in [6.45, 7) is 1.38. The van der Waals surface area contributed by atoms with Crippen LogP contribution in [0.2, 0.25) is 0 Å². The summed E-state index contributed by atoms with van der Waals surface area (Å²) in [4.78, 5) is 12.8. The summed E-state index contributed by atoms with van der Waals surface area (Å²) in [6, 6.07) is 13.8. The highest BCUT2D eigenvalue weighted by Gasteiger charge is 2.34. The maximum atomic E-state index is 13.6. The van der Waals surface area contributed by atoms with Crippen LogP contribution in [-0.2, 0) is 15.7 Å². The second-order valence-electron chi connectivity index (χ2n) is 7.03. The zero-order valence-electron chi connectivity index (χ0n) is 15.7. The lowest BCUT2D eigenvalue weighted by Gasteiger charge is -2.31. The standard InChI is InChI=1S/C22H18F4N2O2/c23-19-7-5-14(11-18(19)22(24,25)26)27-20-8-6-17(15-3-1-2-4-16(15)20)21-12-28(13-29)9-10-30-21/h1-8,11,13,21,27H,9-10,12H2. The van der Waals surface area contributed by atoms with Gasteiger partial charge in [0.1, 0.15) is 11.9 Å². The van der Waals surface area contributed by atoms with Gasteiger partial charge in [-0.2, -0.15) is 13.2 Å². The molecule has 4 rings (SSSR count). The Morgan fingerprint density at radius 3 is 2.57 bits per heavy atom. The first kappa shape index (κ1) is 20.2. The zero-order chi connectivity index (χ0) is 21.3. The predicted molar refractivity (Wildman–Crippen MR) is 105 cm³/mol. The van der Waals surface area contributed by atoms with Crippen LogP contribution in [-0.4, -0.2) is 31.0 Å². The molecule has 8 heteroatoms. The quantitative estimate of drug-likeness (QED) is 0.464. The van der Waals surface area contributed by atoms with Gasteiger partial charge in [0.2, 0.25) is 6.41 Å². The van der Waals surface area contributed by atoms with Crippen molar-refractivity contribution in [2.45, 2.75) is 12.3 Å². The number of carbonyl (C=O) groups is 1. The van der Waals surface area contributed by atoms with Crippen molar-refractivity contribution in [2.75, 3.05) is 25.0 Å². The number of nitrogens with one attached hydrogen (secondary N) is 1. The zero-order valence-corrected chi connectivity index (χ0v) is 15.7. The number of alkyl halides is 3. The van der Waals surface area contributed by atoms with Crippen LogP contribution in [0.5, 0.6) is 0 Å². The maximum absolute atomic E-state index is 13.6. The van der Waals surface area contributed by atoms with Gasteiger partial charge in [0.05, 0.1) is 18.7 Å². The molecule has 3 aromatic carbocycles. The van der Waals surface area contributed by atoms with Crippen molar-refractivity contribution in [3.8, 4) is 0 Å². The van der Waals surface area contributed by atoms with Gasteiger partial charge in [-0.05, 0) is 35.2 Å². The van der Waals surface area contributed by atoms with E-state index in [1.807, 2.05) is 30.3 Å². The Morgan fingerprint density at radius 1 is 1.07 bits per heavy atom. The number of anilines is 2. The number of nitrogens with zero attached hydrogens (tertiary/aromatic N) is 1. The fourth-order valence-electron chi connectivity index (χ4n) is 3.64. The first-order valence-electron chi connectivity index (χ1n) is 9.33. The van der Waals surface area contributed by atoms with Crippen molar-refractivity contribution in [1.82, 2.24) is 4.90 Å². The molecule has 3 aromatic rings. The lowest BCUT2D eigenvalue weighted by atomic mass is 9.98. The summed E-state index contributed by atoms with van der Waals surface area (Å²) in [5.74, 6) is -1.32. The monoisotopic (exact) mass is 418 g/mol. The molecular formula is C22H18F4N2O2. The van der Waals surface area contributed by atoms with E-state index in [0.29, 0.717) is 25.4 Å². The van der Waals surface area contributed by atoms with Crippen molar-refractivity contribution in [2.24, 2.45) is 0 Å². The number of hydrogen-bond donors (Lipinski definition) is 1. The lowest BCUT2D eigenvalue weighted by molar-refractivity contribution is -0.139. The van der Waals surface area contributed by atoms with E-state index in [1.54, 1.807) is 11.0 Å². The fraction of sp³-hybridized carbons (Fsp3) is 0.227. The van der Waals surface area contributed by atoms with Crippen molar-refractivity contribution in [3.05, 3.63) is 71.5 Å². The van der Waals surface area contributed by atoms with E-state index in [1.165, 1.54) is 6.07 Å². The molecule has 4 nitrogen and oxygen atoms in total. The molecular weight excluding hydrogens is 400 g/mol. The van der Waals surface area contributed by atoms with Crippen molar-refractivity contribution < 1.29 is 27.1 Å². The molecule has 0 aliphatic carbocycles. The molecule has 1 atom stereocenters. The molecule has 0 bridgehead atoms. The fourth-order valence-corrected chi connectivity index (χ4v) is 3.64. The number of ether oxygens (including phenoxy) is 1. The van der Waals surface area contributed by atoms with Gasteiger partial charge in [0, 0.05) is 23.3 Å². The number of hydrogen-bond acceptors (Lipinski definition) is 3. The average molecular weight is 418 g/mol. The third-order valence-corrected chi connectivity index (χ3v) is 5.10. The highest BCUT2D eigenvalue weighted by molar-refractivity contribution is 5.97. The molecule has 1 amide bonds. The van der Waals surface area contributed by atoms with Crippen molar-refractivity contribution >= 4 is 28.6 Å². The smallest absolute Gasteiger partial charge is 0.370 e. The Kier molecular flexibility index (Phi) is 5.34. The van der Waals surface area contributed by atoms with E-state index in [-0.39, 0.29) is 11.8 Å². The molecule has 0 saturated carbocycles. The largest absolute Gasteiger partial charge is 0.419 e. The normalized spacial score (nSPS) is 17.2. The Balaban J connectivity index is 1.71. The molecule has 1 N–H and O–H groups in total. The minimum atomic E-state index is -4.78. The number of amides is 1. The van der Waals surface area contributed by atoms with Crippen molar-refractivity contribution in [3.63, 3.8) is 0 Å². The van der Waals surface area contributed by atoms with Crippen LogP contribution in [0.25, 0.3) is 10.8 Å². The molecule has 0 radical (unpaired) electrons. The van der Waals surface area contributed by atoms with Gasteiger partial charge in [-0.25, -0.2) is 4.39 Å². The van der Waals surface area contributed by atoms with Gasteiger partial charge >= 0.3 is 6.18 Å². The summed E-state index contributed by atoms with van der Waals surface area (Å²) in [6.07, 6.45) is -4.29. The van der Waals surface area contributed by atoms with Crippen LogP contribution >= 0.6 is 0 Å². The van der Waals surface area contributed by atoms with Gasteiger partial charge < -0.3 is 15.0 Å². The highest BCUT2D eigenvalue weighted by Crippen LogP contribution is 2.36. The van der Waals surface area contributed by atoms with Gasteiger partial charge in [0.15, 0.2) is 0 Å². The van der Waals surface area contributed by atoms with Crippen LogP contribution in [0, 0.1) is 5.82 Å². The van der Waals surface area contributed by atoms with Crippen LogP contribution in [0.15, 0.2) is 54.6 Å². The summed E-state index contributed by atoms with van der Waals surface area (Å²) in [5.41, 5.74) is 0.274. The van der Waals surface area contributed by atoms with Crippen LogP contribution in [0.3, 0.4) is 0 Å². The second-order valence-corrected chi connectivity index (χ2v) is 7.03. The van der Waals surface area contributed by atoms with E-state index in [9.17, 15) is 22.4 Å². The van der Waals surface area contributed by atoms with E-state index in [2.05, 4.69) is 5.32 Å². The summed E-state index contributed by atoms with van der Waals surface area (Å²) >= 11 is 0. The number of benzene rings is 3. The predicted octanol–water partition coefficient (Wildman–Crippen LogP) is 5.27. The molecule has 1 heterocycles. The van der Waals surface area contributed by atoms with Crippen molar-refractivity contribution in [1.29, 1.82) is 0 Å². The number of rotatable bonds is 4. The molecule has 1 saturated heterocycles. The minimum absolute atomic E-state index is 0.127. The van der Waals surface area contributed by atoms with E-state index < -0.39 is 17.6 Å².